The highest BCUT2D eigenvalue weighted by atomic mass is 16.5. The van der Waals surface area contributed by atoms with E-state index in [0.29, 0.717) is 0 Å². The second-order valence-electron chi connectivity index (χ2n) is 7.24. The van der Waals surface area contributed by atoms with E-state index in [9.17, 15) is 0 Å². The highest BCUT2D eigenvalue weighted by molar-refractivity contribution is 5.27. The first-order valence-corrected chi connectivity index (χ1v) is 9.82. The lowest BCUT2D eigenvalue weighted by molar-refractivity contribution is 0.205. The van der Waals surface area contributed by atoms with Crippen molar-refractivity contribution in [1.29, 1.82) is 0 Å². The Hall–Kier alpha value is -1.91. The van der Waals surface area contributed by atoms with Crippen molar-refractivity contribution in [3.63, 3.8) is 0 Å². The summed E-state index contributed by atoms with van der Waals surface area (Å²) in [6.07, 6.45) is 7.07. The first-order valence-electron chi connectivity index (χ1n) is 9.82. The zero-order chi connectivity index (χ0) is 18.0. The van der Waals surface area contributed by atoms with Gasteiger partial charge < -0.3 is 9.64 Å². The number of piperidine rings is 1. The molecule has 0 aliphatic carbocycles. The van der Waals surface area contributed by atoms with E-state index in [-0.39, 0.29) is 0 Å². The maximum Gasteiger partial charge on any atom is 0.119 e. The van der Waals surface area contributed by atoms with Crippen molar-refractivity contribution < 1.29 is 4.74 Å². The van der Waals surface area contributed by atoms with E-state index in [0.717, 1.165) is 44.1 Å². The molecule has 3 rings (SSSR count). The van der Waals surface area contributed by atoms with Gasteiger partial charge in [0.2, 0.25) is 0 Å². The maximum atomic E-state index is 5.90. The van der Waals surface area contributed by atoms with Gasteiger partial charge in [-0.3, -0.25) is 9.88 Å². The number of nitrogens with zero attached hydrogens (tertiary/aromatic N) is 3. The monoisotopic (exact) mass is 353 g/mol. The minimum atomic E-state index is 0.801. The second kappa shape index (κ2) is 10.3. The topological polar surface area (TPSA) is 28.6 Å². The van der Waals surface area contributed by atoms with Crippen molar-refractivity contribution in [2.75, 3.05) is 33.3 Å². The average Bonchev–Trinajstić information content (AvgIpc) is 2.68. The van der Waals surface area contributed by atoms with Gasteiger partial charge in [0.1, 0.15) is 5.75 Å². The molecule has 1 aromatic heterocycles. The van der Waals surface area contributed by atoms with Gasteiger partial charge in [-0.1, -0.05) is 24.6 Å². The molecule has 1 aliphatic heterocycles. The molecular weight excluding hydrogens is 322 g/mol. The van der Waals surface area contributed by atoms with Crippen molar-refractivity contribution in [2.24, 2.45) is 0 Å². The normalized spacial score (nSPS) is 15.3. The van der Waals surface area contributed by atoms with Gasteiger partial charge in [0.05, 0.1) is 12.3 Å². The summed E-state index contributed by atoms with van der Waals surface area (Å²) in [5.41, 5.74) is 2.40. The van der Waals surface area contributed by atoms with E-state index in [2.05, 4.69) is 52.2 Å². The molecule has 1 aromatic carbocycles. The van der Waals surface area contributed by atoms with E-state index < -0.39 is 0 Å². The molecule has 4 heteroatoms. The Morgan fingerprint density at radius 3 is 2.54 bits per heavy atom. The summed E-state index contributed by atoms with van der Waals surface area (Å²) in [5, 5.41) is 0. The Balaban J connectivity index is 1.36. The summed E-state index contributed by atoms with van der Waals surface area (Å²) < 4.78 is 5.90. The van der Waals surface area contributed by atoms with Gasteiger partial charge in [0.25, 0.3) is 0 Å². The Kier molecular flexibility index (Phi) is 7.47. The fourth-order valence-electron chi connectivity index (χ4n) is 3.49. The third-order valence-electron chi connectivity index (χ3n) is 4.87. The van der Waals surface area contributed by atoms with Crippen LogP contribution in [0.3, 0.4) is 0 Å². The van der Waals surface area contributed by atoms with Crippen LogP contribution in [0.2, 0.25) is 0 Å². The van der Waals surface area contributed by atoms with Gasteiger partial charge in [0.15, 0.2) is 0 Å². The molecule has 1 saturated heterocycles. The van der Waals surface area contributed by atoms with Gasteiger partial charge in [0, 0.05) is 25.8 Å². The SMILES string of the molecule is CN(Cc1ccc(OCCCN2CCCCC2)cc1)Cc1ccccn1. The van der Waals surface area contributed by atoms with Crippen molar-refractivity contribution in [2.45, 2.75) is 38.8 Å². The number of likely N-dealkylation sites (tertiary alicyclic amines) is 1. The van der Waals surface area contributed by atoms with Gasteiger partial charge >= 0.3 is 0 Å². The number of ether oxygens (including phenoxy) is 1. The smallest absolute Gasteiger partial charge is 0.119 e. The third-order valence-corrected chi connectivity index (χ3v) is 4.87. The Bertz CT molecular complexity index is 624. The van der Waals surface area contributed by atoms with Crippen LogP contribution in [0.15, 0.2) is 48.7 Å². The van der Waals surface area contributed by atoms with Crippen molar-refractivity contribution in [3.8, 4) is 5.75 Å². The van der Waals surface area contributed by atoms with E-state index >= 15 is 0 Å². The minimum Gasteiger partial charge on any atom is -0.494 e. The molecule has 4 nitrogen and oxygen atoms in total. The van der Waals surface area contributed by atoms with Crippen LogP contribution in [-0.2, 0) is 13.1 Å². The molecule has 0 N–H and O–H groups in total. The Labute approximate surface area is 157 Å². The molecule has 2 heterocycles. The molecule has 0 atom stereocenters. The third kappa shape index (κ3) is 6.43. The van der Waals surface area contributed by atoms with Crippen LogP contribution in [0, 0.1) is 0 Å². The van der Waals surface area contributed by atoms with Crippen LogP contribution in [0.1, 0.15) is 36.9 Å². The highest BCUT2D eigenvalue weighted by Crippen LogP contribution is 2.15. The number of hydrogen-bond donors (Lipinski definition) is 0. The quantitative estimate of drug-likeness (QED) is 0.638. The van der Waals surface area contributed by atoms with Gasteiger partial charge in [-0.05, 0) is 69.2 Å². The van der Waals surface area contributed by atoms with Crippen molar-refractivity contribution in [1.82, 2.24) is 14.8 Å². The number of aromatic nitrogens is 1. The molecule has 1 aliphatic rings. The standard InChI is InChI=1S/C22H31N3O/c1-24(19-21-8-3-4-13-23-21)18-20-9-11-22(12-10-20)26-17-7-16-25-14-5-2-6-15-25/h3-4,8-13H,2,5-7,14-19H2,1H3. The molecule has 0 bridgehead atoms. The number of hydrogen-bond acceptors (Lipinski definition) is 4. The van der Waals surface area contributed by atoms with E-state index in [1.165, 1.54) is 37.9 Å². The van der Waals surface area contributed by atoms with E-state index in [1.807, 2.05) is 18.3 Å². The minimum absolute atomic E-state index is 0.801. The highest BCUT2D eigenvalue weighted by Gasteiger charge is 2.09. The van der Waals surface area contributed by atoms with Gasteiger partial charge in [-0.25, -0.2) is 0 Å². The zero-order valence-corrected chi connectivity index (χ0v) is 15.9. The molecule has 0 spiro atoms. The Morgan fingerprint density at radius 2 is 1.81 bits per heavy atom. The lowest BCUT2D eigenvalue weighted by atomic mass is 10.1. The number of rotatable bonds is 9. The average molecular weight is 354 g/mol. The summed E-state index contributed by atoms with van der Waals surface area (Å²) in [6, 6.07) is 14.6. The fourth-order valence-corrected chi connectivity index (χ4v) is 3.49. The lowest BCUT2D eigenvalue weighted by Crippen LogP contribution is -2.31. The second-order valence-corrected chi connectivity index (χ2v) is 7.24. The van der Waals surface area contributed by atoms with Crippen LogP contribution >= 0.6 is 0 Å². The molecular formula is C22H31N3O. The van der Waals surface area contributed by atoms with Crippen LogP contribution < -0.4 is 4.74 Å². The van der Waals surface area contributed by atoms with Crippen molar-refractivity contribution >= 4 is 0 Å². The fraction of sp³-hybridized carbons (Fsp3) is 0.500. The lowest BCUT2D eigenvalue weighted by Gasteiger charge is -2.26. The first kappa shape index (κ1) is 18.9. The number of pyridine rings is 1. The first-order chi connectivity index (χ1) is 12.8. The molecule has 140 valence electrons. The van der Waals surface area contributed by atoms with Gasteiger partial charge in [-0.2, -0.15) is 0 Å². The maximum absolute atomic E-state index is 5.90. The van der Waals surface area contributed by atoms with Crippen LogP contribution in [0.4, 0.5) is 0 Å². The molecule has 0 radical (unpaired) electrons. The summed E-state index contributed by atoms with van der Waals surface area (Å²) >= 11 is 0. The van der Waals surface area contributed by atoms with Crippen LogP contribution in [0.25, 0.3) is 0 Å². The summed E-state index contributed by atoms with van der Waals surface area (Å²) in [7, 11) is 2.12. The van der Waals surface area contributed by atoms with Crippen molar-refractivity contribution in [3.05, 3.63) is 59.9 Å². The predicted molar refractivity (Wildman–Crippen MR) is 106 cm³/mol. The largest absolute Gasteiger partial charge is 0.494 e. The predicted octanol–water partition coefficient (Wildman–Crippen LogP) is 3.97. The summed E-state index contributed by atoms with van der Waals surface area (Å²) in [4.78, 5) is 9.22. The molecule has 0 unspecified atom stereocenters. The van der Waals surface area contributed by atoms with Gasteiger partial charge in [-0.15, -0.1) is 0 Å². The molecule has 1 fully saturated rings. The summed E-state index contributed by atoms with van der Waals surface area (Å²) in [6.45, 7) is 6.26. The van der Waals surface area contributed by atoms with E-state index in [1.54, 1.807) is 0 Å². The van der Waals surface area contributed by atoms with Crippen LogP contribution in [-0.4, -0.2) is 48.1 Å². The molecule has 26 heavy (non-hydrogen) atoms. The number of benzene rings is 1. The molecule has 2 aromatic rings. The summed E-state index contributed by atoms with van der Waals surface area (Å²) in [5.74, 6) is 0.972. The van der Waals surface area contributed by atoms with E-state index in [4.69, 9.17) is 4.74 Å². The Morgan fingerprint density at radius 1 is 1.00 bits per heavy atom. The van der Waals surface area contributed by atoms with Crippen LogP contribution in [0.5, 0.6) is 5.75 Å². The molecule has 0 saturated carbocycles. The zero-order valence-electron chi connectivity index (χ0n) is 15.9. The molecule has 0 amide bonds.